The van der Waals surface area contributed by atoms with Gasteiger partial charge in [0.25, 0.3) is 0 Å². The van der Waals surface area contributed by atoms with E-state index in [4.69, 9.17) is 5.73 Å². The molecule has 1 unspecified atom stereocenters. The lowest BCUT2D eigenvalue weighted by Gasteiger charge is -2.10. The molecule has 4 heteroatoms. The maximum Gasteiger partial charge on any atom is 0.224 e. The minimum atomic E-state index is 0.0652. The first-order valence-corrected chi connectivity index (χ1v) is 7.02. The Bertz CT molecular complexity index is 389. The molecule has 92 valence electrons. The van der Waals surface area contributed by atoms with Crippen molar-refractivity contribution < 1.29 is 4.79 Å². The summed E-state index contributed by atoms with van der Waals surface area (Å²) in [5, 5.41) is 3.59. The maximum atomic E-state index is 11.7. The van der Waals surface area contributed by atoms with E-state index in [-0.39, 0.29) is 5.91 Å². The third kappa shape index (κ3) is 3.66. The van der Waals surface area contributed by atoms with E-state index in [2.05, 4.69) is 5.32 Å². The molecule has 1 aliphatic heterocycles. The normalized spacial score (nSPS) is 19.2. The van der Waals surface area contributed by atoms with Gasteiger partial charge in [-0.2, -0.15) is 11.8 Å². The number of nitrogens with two attached hydrogens (primary N) is 1. The fourth-order valence-electron chi connectivity index (χ4n) is 1.96. The number of hydrogen-bond acceptors (Lipinski definition) is 3. The first kappa shape index (κ1) is 12.3. The van der Waals surface area contributed by atoms with Crippen molar-refractivity contribution in [2.24, 2.45) is 0 Å². The Morgan fingerprint density at radius 1 is 1.47 bits per heavy atom. The molecule has 1 aromatic rings. The number of benzene rings is 1. The molecular weight excluding hydrogens is 232 g/mol. The number of hydrogen-bond donors (Lipinski definition) is 2. The molecule has 3 N–H and O–H groups in total. The van der Waals surface area contributed by atoms with Crippen molar-refractivity contribution in [2.45, 2.75) is 24.5 Å². The predicted octanol–water partition coefficient (Wildman–Crippen LogP) is 1.82. The van der Waals surface area contributed by atoms with Crippen molar-refractivity contribution in [1.29, 1.82) is 0 Å². The van der Waals surface area contributed by atoms with Gasteiger partial charge in [-0.25, -0.2) is 0 Å². The molecule has 0 spiro atoms. The van der Waals surface area contributed by atoms with Crippen molar-refractivity contribution in [2.75, 3.05) is 18.0 Å². The third-order valence-electron chi connectivity index (χ3n) is 2.96. The number of nitrogens with one attached hydrogen (secondary N) is 1. The van der Waals surface area contributed by atoms with E-state index in [0.717, 1.165) is 12.1 Å². The topological polar surface area (TPSA) is 55.1 Å². The van der Waals surface area contributed by atoms with Crippen LogP contribution in [0.3, 0.4) is 0 Å². The van der Waals surface area contributed by atoms with E-state index in [1.807, 2.05) is 36.0 Å². The van der Waals surface area contributed by atoms with E-state index in [9.17, 15) is 4.79 Å². The van der Waals surface area contributed by atoms with Gasteiger partial charge >= 0.3 is 0 Å². The smallest absolute Gasteiger partial charge is 0.224 e. The van der Waals surface area contributed by atoms with E-state index in [0.29, 0.717) is 17.4 Å². The Balaban J connectivity index is 1.79. The molecule has 3 nitrogen and oxygen atoms in total. The first-order valence-electron chi connectivity index (χ1n) is 5.97. The highest BCUT2D eigenvalue weighted by Crippen LogP contribution is 2.25. The van der Waals surface area contributed by atoms with Crippen molar-refractivity contribution in [1.82, 2.24) is 5.32 Å². The average molecular weight is 250 g/mol. The summed E-state index contributed by atoms with van der Waals surface area (Å²) in [6.07, 6.45) is 2.87. The molecule has 0 radical (unpaired) electrons. The van der Waals surface area contributed by atoms with Crippen LogP contribution in [0.2, 0.25) is 0 Å². The minimum absolute atomic E-state index is 0.0652. The Morgan fingerprint density at radius 2 is 2.29 bits per heavy atom. The molecule has 0 bridgehead atoms. The highest BCUT2D eigenvalue weighted by atomic mass is 32.2. The fraction of sp³-hybridized carbons (Fsp3) is 0.462. The average Bonchev–Trinajstić information content (AvgIpc) is 2.82. The van der Waals surface area contributed by atoms with Gasteiger partial charge in [0.05, 0.1) is 6.42 Å². The predicted molar refractivity (Wildman–Crippen MR) is 73.0 cm³/mol. The van der Waals surface area contributed by atoms with Crippen LogP contribution < -0.4 is 11.1 Å². The van der Waals surface area contributed by atoms with Crippen LogP contribution in [0.15, 0.2) is 24.3 Å². The van der Waals surface area contributed by atoms with Crippen LogP contribution in [0.25, 0.3) is 0 Å². The minimum Gasteiger partial charge on any atom is -0.398 e. The van der Waals surface area contributed by atoms with Crippen LogP contribution in [0.5, 0.6) is 0 Å². The van der Waals surface area contributed by atoms with Crippen LogP contribution in [0, 0.1) is 0 Å². The molecule has 17 heavy (non-hydrogen) atoms. The zero-order valence-corrected chi connectivity index (χ0v) is 10.6. The fourth-order valence-corrected chi connectivity index (χ4v) is 3.16. The molecule has 1 amide bonds. The van der Waals surface area contributed by atoms with E-state index in [1.54, 1.807) is 0 Å². The second kappa shape index (κ2) is 5.96. The van der Waals surface area contributed by atoms with Gasteiger partial charge in [-0.15, -0.1) is 0 Å². The molecule has 1 aromatic carbocycles. The van der Waals surface area contributed by atoms with E-state index < -0.39 is 0 Å². The summed E-state index contributed by atoms with van der Waals surface area (Å²) in [6, 6.07) is 7.52. The van der Waals surface area contributed by atoms with Crippen molar-refractivity contribution >= 4 is 23.4 Å². The third-order valence-corrected chi connectivity index (χ3v) is 4.36. The number of carbonyl (C=O) groups is 1. The SMILES string of the molecule is Nc1ccccc1CC(=O)NCC1CCCS1. The Kier molecular flexibility index (Phi) is 4.31. The summed E-state index contributed by atoms with van der Waals surface area (Å²) in [5.41, 5.74) is 7.40. The summed E-state index contributed by atoms with van der Waals surface area (Å²) < 4.78 is 0. The lowest BCUT2D eigenvalue weighted by molar-refractivity contribution is -0.120. The molecule has 1 aliphatic rings. The van der Waals surface area contributed by atoms with Gasteiger partial charge in [-0.3, -0.25) is 4.79 Å². The van der Waals surface area contributed by atoms with Gasteiger partial charge in [-0.1, -0.05) is 18.2 Å². The second-order valence-electron chi connectivity index (χ2n) is 4.31. The molecule has 2 rings (SSSR count). The van der Waals surface area contributed by atoms with Gasteiger partial charge in [0, 0.05) is 17.5 Å². The molecular formula is C13H18N2OS. The van der Waals surface area contributed by atoms with Crippen LogP contribution in [-0.2, 0) is 11.2 Å². The summed E-state index contributed by atoms with van der Waals surface area (Å²) >= 11 is 1.95. The summed E-state index contributed by atoms with van der Waals surface area (Å²) in [4.78, 5) is 11.7. The van der Waals surface area contributed by atoms with Gasteiger partial charge in [0.15, 0.2) is 0 Å². The van der Waals surface area contributed by atoms with Crippen LogP contribution in [0.4, 0.5) is 5.69 Å². The largest absolute Gasteiger partial charge is 0.398 e. The number of rotatable bonds is 4. The van der Waals surface area contributed by atoms with Crippen LogP contribution in [0.1, 0.15) is 18.4 Å². The van der Waals surface area contributed by atoms with Gasteiger partial charge in [0.1, 0.15) is 0 Å². The standard InChI is InChI=1S/C13H18N2OS/c14-12-6-2-1-4-10(12)8-13(16)15-9-11-5-3-7-17-11/h1-2,4,6,11H,3,5,7-9,14H2,(H,15,16). The molecule has 1 fully saturated rings. The Hall–Kier alpha value is -1.16. The number of carbonyl (C=O) groups excluding carboxylic acids is 1. The highest BCUT2D eigenvalue weighted by Gasteiger charge is 2.16. The quantitative estimate of drug-likeness (QED) is 0.802. The zero-order chi connectivity index (χ0) is 12.1. The molecule has 0 aliphatic carbocycles. The molecule has 1 saturated heterocycles. The van der Waals surface area contributed by atoms with Gasteiger partial charge in [0.2, 0.25) is 5.91 Å². The summed E-state index contributed by atoms with van der Waals surface area (Å²) in [7, 11) is 0. The number of anilines is 1. The highest BCUT2D eigenvalue weighted by molar-refractivity contribution is 8.00. The summed E-state index contributed by atoms with van der Waals surface area (Å²) in [6.45, 7) is 0.788. The van der Waals surface area contributed by atoms with Gasteiger partial charge in [-0.05, 0) is 30.2 Å². The van der Waals surface area contributed by atoms with Crippen molar-refractivity contribution in [3.05, 3.63) is 29.8 Å². The number of amides is 1. The van der Waals surface area contributed by atoms with Crippen LogP contribution in [-0.4, -0.2) is 23.5 Å². The van der Waals surface area contributed by atoms with Gasteiger partial charge < -0.3 is 11.1 Å². The number of nitrogen functional groups attached to an aromatic ring is 1. The Morgan fingerprint density at radius 3 is 3.00 bits per heavy atom. The van der Waals surface area contributed by atoms with Crippen molar-refractivity contribution in [3.8, 4) is 0 Å². The number of thioether (sulfide) groups is 1. The first-order chi connectivity index (χ1) is 8.25. The molecule has 0 saturated carbocycles. The summed E-state index contributed by atoms with van der Waals surface area (Å²) in [5.74, 6) is 1.29. The lowest BCUT2D eigenvalue weighted by atomic mass is 10.1. The van der Waals surface area contributed by atoms with E-state index in [1.165, 1.54) is 18.6 Å². The maximum absolute atomic E-state index is 11.7. The monoisotopic (exact) mass is 250 g/mol. The molecule has 1 heterocycles. The molecule has 0 aromatic heterocycles. The number of para-hydroxylation sites is 1. The van der Waals surface area contributed by atoms with E-state index >= 15 is 0 Å². The molecule has 1 atom stereocenters. The van der Waals surface area contributed by atoms with Crippen molar-refractivity contribution in [3.63, 3.8) is 0 Å². The lowest BCUT2D eigenvalue weighted by Crippen LogP contribution is -2.31. The Labute approximate surface area is 106 Å². The second-order valence-corrected chi connectivity index (χ2v) is 5.72. The zero-order valence-electron chi connectivity index (χ0n) is 9.82. The van der Waals surface area contributed by atoms with Crippen LogP contribution >= 0.6 is 11.8 Å².